The van der Waals surface area contributed by atoms with Gasteiger partial charge in [0.2, 0.25) is 0 Å². The topological polar surface area (TPSA) is 128 Å². The predicted molar refractivity (Wildman–Crippen MR) is 86.7 cm³/mol. The van der Waals surface area contributed by atoms with Gasteiger partial charge in [-0.15, -0.1) is 0 Å². The number of hydrogen-bond acceptors (Lipinski definition) is 6. The SMILES string of the molecule is O=C(COC(=O)Cc1ccccc1[N+](=O)[O-])NC(=O)NC1CCCC1. The van der Waals surface area contributed by atoms with Crippen molar-refractivity contribution < 1.29 is 24.0 Å². The van der Waals surface area contributed by atoms with Gasteiger partial charge in [-0.2, -0.15) is 0 Å². The van der Waals surface area contributed by atoms with E-state index in [1.54, 1.807) is 6.07 Å². The van der Waals surface area contributed by atoms with E-state index < -0.39 is 29.4 Å². The molecule has 0 aliphatic heterocycles. The van der Waals surface area contributed by atoms with Crippen molar-refractivity contribution in [2.75, 3.05) is 6.61 Å². The third-order valence-corrected chi connectivity index (χ3v) is 3.83. The van der Waals surface area contributed by atoms with E-state index in [4.69, 9.17) is 4.74 Å². The molecule has 0 aromatic heterocycles. The van der Waals surface area contributed by atoms with Gasteiger partial charge in [0.25, 0.3) is 11.6 Å². The second-order valence-corrected chi connectivity index (χ2v) is 5.73. The minimum absolute atomic E-state index is 0.0639. The van der Waals surface area contributed by atoms with Crippen molar-refractivity contribution in [3.8, 4) is 0 Å². The predicted octanol–water partition coefficient (Wildman–Crippen LogP) is 1.45. The number of imide groups is 1. The largest absolute Gasteiger partial charge is 0.455 e. The lowest BCUT2D eigenvalue weighted by Gasteiger charge is -2.12. The number of ether oxygens (including phenoxy) is 1. The number of urea groups is 1. The molecule has 1 aliphatic carbocycles. The van der Waals surface area contributed by atoms with Crippen molar-refractivity contribution in [2.24, 2.45) is 0 Å². The number of nitro groups is 1. The van der Waals surface area contributed by atoms with Crippen LogP contribution in [-0.4, -0.2) is 35.5 Å². The number of nitro benzene ring substituents is 1. The summed E-state index contributed by atoms with van der Waals surface area (Å²) in [5.41, 5.74) is -0.00303. The van der Waals surface area contributed by atoms with Crippen molar-refractivity contribution in [3.63, 3.8) is 0 Å². The molecule has 25 heavy (non-hydrogen) atoms. The molecule has 2 N–H and O–H groups in total. The van der Waals surface area contributed by atoms with Gasteiger partial charge >= 0.3 is 12.0 Å². The smallest absolute Gasteiger partial charge is 0.321 e. The highest BCUT2D eigenvalue weighted by Crippen LogP contribution is 2.18. The molecule has 1 saturated carbocycles. The zero-order valence-corrected chi connectivity index (χ0v) is 13.5. The molecule has 0 heterocycles. The quantitative estimate of drug-likeness (QED) is 0.454. The number of benzene rings is 1. The van der Waals surface area contributed by atoms with E-state index in [0.717, 1.165) is 25.7 Å². The van der Waals surface area contributed by atoms with E-state index in [9.17, 15) is 24.5 Å². The molecule has 0 saturated heterocycles. The summed E-state index contributed by atoms with van der Waals surface area (Å²) in [6.07, 6.45) is 3.52. The number of rotatable bonds is 6. The van der Waals surface area contributed by atoms with Crippen LogP contribution in [0.15, 0.2) is 24.3 Å². The number of hydrogen-bond donors (Lipinski definition) is 2. The number of esters is 1. The Balaban J connectivity index is 1.75. The Morgan fingerprint density at radius 1 is 1.20 bits per heavy atom. The van der Waals surface area contributed by atoms with Crippen LogP contribution in [0.3, 0.4) is 0 Å². The summed E-state index contributed by atoms with van der Waals surface area (Å²) >= 11 is 0. The summed E-state index contributed by atoms with van der Waals surface area (Å²) in [5.74, 6) is -1.55. The number of nitrogens with one attached hydrogen (secondary N) is 2. The standard InChI is InChI=1S/C16H19N3O6/c20-14(18-16(22)17-12-6-2-3-7-12)10-25-15(21)9-11-5-1-4-8-13(11)19(23)24/h1,4-5,8,12H,2-3,6-7,9-10H2,(H2,17,18,20,22). The zero-order chi connectivity index (χ0) is 18.2. The van der Waals surface area contributed by atoms with E-state index in [-0.39, 0.29) is 23.7 Å². The van der Waals surface area contributed by atoms with Gasteiger partial charge in [0.1, 0.15) is 0 Å². The normalized spacial score (nSPS) is 13.9. The van der Waals surface area contributed by atoms with E-state index >= 15 is 0 Å². The number of para-hydroxylation sites is 1. The first-order chi connectivity index (χ1) is 12.0. The Morgan fingerprint density at radius 3 is 2.56 bits per heavy atom. The molecule has 2 rings (SSSR count). The Bertz CT molecular complexity index is 670. The fourth-order valence-electron chi connectivity index (χ4n) is 2.65. The van der Waals surface area contributed by atoms with Gasteiger partial charge in [0.15, 0.2) is 6.61 Å². The molecule has 9 nitrogen and oxygen atoms in total. The Morgan fingerprint density at radius 2 is 1.88 bits per heavy atom. The molecule has 0 bridgehead atoms. The molecular formula is C16H19N3O6. The highest BCUT2D eigenvalue weighted by molar-refractivity contribution is 5.95. The van der Waals surface area contributed by atoms with E-state index in [1.807, 2.05) is 0 Å². The van der Waals surface area contributed by atoms with E-state index in [1.165, 1.54) is 18.2 Å². The lowest BCUT2D eigenvalue weighted by atomic mass is 10.1. The highest BCUT2D eigenvalue weighted by atomic mass is 16.6. The minimum atomic E-state index is -0.791. The summed E-state index contributed by atoms with van der Waals surface area (Å²) in [5, 5.41) is 15.6. The van der Waals surface area contributed by atoms with E-state index in [0.29, 0.717) is 0 Å². The van der Waals surface area contributed by atoms with Crippen molar-refractivity contribution >= 4 is 23.6 Å². The summed E-state index contributed by atoms with van der Waals surface area (Å²) in [6.45, 7) is -0.627. The zero-order valence-electron chi connectivity index (χ0n) is 13.5. The summed E-state index contributed by atoms with van der Waals surface area (Å²) in [4.78, 5) is 45.2. The molecule has 1 aromatic rings. The first-order valence-corrected chi connectivity index (χ1v) is 7.94. The fraction of sp³-hybridized carbons (Fsp3) is 0.438. The Labute approximate surface area is 143 Å². The van der Waals surface area contributed by atoms with Crippen LogP contribution >= 0.6 is 0 Å². The first-order valence-electron chi connectivity index (χ1n) is 7.94. The maximum Gasteiger partial charge on any atom is 0.321 e. The number of carbonyl (C=O) groups excluding carboxylic acids is 3. The molecular weight excluding hydrogens is 330 g/mol. The number of amides is 3. The second-order valence-electron chi connectivity index (χ2n) is 5.73. The van der Waals surface area contributed by atoms with Crippen molar-refractivity contribution in [1.29, 1.82) is 0 Å². The lowest BCUT2D eigenvalue weighted by Crippen LogP contribution is -2.45. The first kappa shape index (κ1) is 18.4. The molecule has 1 aromatic carbocycles. The molecule has 0 radical (unpaired) electrons. The van der Waals surface area contributed by atoms with Gasteiger partial charge < -0.3 is 10.1 Å². The van der Waals surface area contributed by atoms with Crippen molar-refractivity contribution in [3.05, 3.63) is 39.9 Å². The van der Waals surface area contributed by atoms with Crippen LogP contribution in [0.4, 0.5) is 10.5 Å². The maximum absolute atomic E-state index is 11.7. The summed E-state index contributed by atoms with van der Waals surface area (Å²) < 4.78 is 4.76. The lowest BCUT2D eigenvalue weighted by molar-refractivity contribution is -0.385. The molecule has 0 unspecified atom stereocenters. The molecule has 0 spiro atoms. The van der Waals surface area contributed by atoms with Gasteiger partial charge in [0, 0.05) is 17.7 Å². The molecule has 9 heteroatoms. The third kappa shape index (κ3) is 5.87. The van der Waals surface area contributed by atoms with Crippen LogP contribution in [0.2, 0.25) is 0 Å². The van der Waals surface area contributed by atoms with Gasteiger partial charge in [-0.3, -0.25) is 25.0 Å². The van der Waals surface area contributed by atoms with Gasteiger partial charge in [-0.05, 0) is 12.8 Å². The fourth-order valence-corrected chi connectivity index (χ4v) is 2.65. The van der Waals surface area contributed by atoms with E-state index in [2.05, 4.69) is 10.6 Å². The van der Waals surface area contributed by atoms with Crippen LogP contribution in [0, 0.1) is 10.1 Å². The highest BCUT2D eigenvalue weighted by Gasteiger charge is 2.20. The van der Waals surface area contributed by atoms with Crippen LogP contribution < -0.4 is 10.6 Å². The van der Waals surface area contributed by atoms with Gasteiger partial charge in [0.05, 0.1) is 11.3 Å². The molecule has 134 valence electrons. The summed E-state index contributed by atoms with van der Waals surface area (Å²) in [6, 6.07) is 5.22. The Hall–Kier alpha value is -2.97. The third-order valence-electron chi connectivity index (χ3n) is 3.83. The van der Waals surface area contributed by atoms with Crippen LogP contribution in [0.5, 0.6) is 0 Å². The minimum Gasteiger partial charge on any atom is -0.455 e. The second kappa shape index (κ2) is 8.76. The van der Waals surface area contributed by atoms with Crippen molar-refractivity contribution in [2.45, 2.75) is 38.1 Å². The molecule has 1 aliphatic rings. The maximum atomic E-state index is 11.7. The number of carbonyl (C=O) groups is 3. The Kier molecular flexibility index (Phi) is 6.44. The van der Waals surface area contributed by atoms with Crippen LogP contribution in [0.25, 0.3) is 0 Å². The van der Waals surface area contributed by atoms with Crippen molar-refractivity contribution in [1.82, 2.24) is 10.6 Å². The van der Waals surface area contributed by atoms with Crippen LogP contribution in [0.1, 0.15) is 31.2 Å². The summed E-state index contributed by atoms with van der Waals surface area (Å²) in [7, 11) is 0. The van der Waals surface area contributed by atoms with Crippen LogP contribution in [-0.2, 0) is 20.7 Å². The van der Waals surface area contributed by atoms with Gasteiger partial charge in [-0.25, -0.2) is 4.79 Å². The average molecular weight is 349 g/mol. The number of nitrogens with zero attached hydrogens (tertiary/aromatic N) is 1. The average Bonchev–Trinajstić information content (AvgIpc) is 3.06. The monoisotopic (exact) mass is 349 g/mol. The molecule has 0 atom stereocenters. The van der Waals surface area contributed by atoms with Gasteiger partial charge in [-0.1, -0.05) is 31.0 Å². The molecule has 3 amide bonds. The molecule has 1 fully saturated rings.